The van der Waals surface area contributed by atoms with Gasteiger partial charge in [0.15, 0.2) is 0 Å². The zero-order chi connectivity index (χ0) is 9.78. The Morgan fingerprint density at radius 1 is 1.25 bits per heavy atom. The quantitative estimate of drug-likeness (QED) is 0.565. The fourth-order valence-corrected chi connectivity index (χ4v) is 1.51. The summed E-state index contributed by atoms with van der Waals surface area (Å²) in [6.07, 6.45) is -0.344. The van der Waals surface area contributed by atoms with Crippen molar-refractivity contribution in [3.8, 4) is 0 Å². The summed E-state index contributed by atoms with van der Waals surface area (Å²) in [7, 11) is 0. The number of hydrogen-bond donors (Lipinski definition) is 0. The normalized spacial score (nSPS) is 34.7. The standard InChI is InChI=1S/C7H11BF3O/c1-6(2)5(12)4-7(6,3)8(9,10)11/h4H2,1-3H3/q-1. The molecule has 0 aliphatic heterocycles. The molecule has 1 aliphatic carbocycles. The van der Waals surface area contributed by atoms with Gasteiger partial charge in [0.25, 0.3) is 0 Å². The molecular formula is C7H11BF3O-. The number of carbonyl (C=O) groups is 1. The summed E-state index contributed by atoms with van der Waals surface area (Å²) in [4.78, 5) is 10.9. The van der Waals surface area contributed by atoms with Crippen molar-refractivity contribution in [2.24, 2.45) is 5.41 Å². The molecule has 1 atom stereocenters. The van der Waals surface area contributed by atoms with E-state index in [0.29, 0.717) is 0 Å². The van der Waals surface area contributed by atoms with Crippen molar-refractivity contribution < 1.29 is 17.7 Å². The van der Waals surface area contributed by atoms with Crippen LogP contribution in [-0.4, -0.2) is 12.8 Å². The van der Waals surface area contributed by atoms with Crippen LogP contribution >= 0.6 is 0 Å². The van der Waals surface area contributed by atoms with Crippen LogP contribution < -0.4 is 0 Å². The van der Waals surface area contributed by atoms with Gasteiger partial charge in [0.2, 0.25) is 0 Å². The van der Waals surface area contributed by atoms with E-state index in [-0.39, 0.29) is 12.2 Å². The molecule has 1 unspecified atom stereocenters. The molecule has 0 saturated heterocycles. The van der Waals surface area contributed by atoms with Crippen molar-refractivity contribution in [3.05, 3.63) is 0 Å². The van der Waals surface area contributed by atoms with Crippen molar-refractivity contribution in [2.75, 3.05) is 0 Å². The highest BCUT2D eigenvalue weighted by Gasteiger charge is 2.65. The molecule has 0 heterocycles. The monoisotopic (exact) mass is 179 g/mol. The first-order valence-corrected chi connectivity index (χ1v) is 3.85. The molecule has 1 nitrogen and oxygen atoms in total. The molecule has 1 aliphatic rings. The maximum absolute atomic E-state index is 12.5. The first-order valence-electron chi connectivity index (χ1n) is 3.85. The summed E-state index contributed by atoms with van der Waals surface area (Å²) >= 11 is 0. The number of rotatable bonds is 1. The molecule has 0 amide bonds. The average molecular weight is 179 g/mol. The molecule has 0 aromatic heterocycles. The zero-order valence-electron chi connectivity index (χ0n) is 7.33. The van der Waals surface area contributed by atoms with Gasteiger partial charge in [0.1, 0.15) is 5.78 Å². The molecule has 70 valence electrons. The number of halogens is 3. The molecular weight excluding hydrogens is 168 g/mol. The van der Waals surface area contributed by atoms with E-state index >= 15 is 0 Å². The van der Waals surface area contributed by atoms with E-state index in [1.54, 1.807) is 0 Å². The minimum atomic E-state index is -4.91. The van der Waals surface area contributed by atoms with Gasteiger partial charge in [-0.3, -0.25) is 4.79 Å². The van der Waals surface area contributed by atoms with Crippen LogP contribution in [0.2, 0.25) is 5.31 Å². The van der Waals surface area contributed by atoms with Gasteiger partial charge < -0.3 is 12.9 Å². The first kappa shape index (κ1) is 9.61. The van der Waals surface area contributed by atoms with Crippen LogP contribution in [0.5, 0.6) is 0 Å². The summed E-state index contributed by atoms with van der Waals surface area (Å²) in [5.41, 5.74) is -1.22. The first-order chi connectivity index (χ1) is 5.13. The van der Waals surface area contributed by atoms with Crippen LogP contribution in [0.3, 0.4) is 0 Å². The highest BCUT2D eigenvalue weighted by Crippen LogP contribution is 2.65. The van der Waals surface area contributed by atoms with Crippen LogP contribution in [0.1, 0.15) is 27.2 Å². The molecule has 1 saturated carbocycles. The highest BCUT2D eigenvalue weighted by atomic mass is 19.4. The van der Waals surface area contributed by atoms with Crippen molar-refractivity contribution in [1.82, 2.24) is 0 Å². The van der Waals surface area contributed by atoms with Crippen LogP contribution in [0.4, 0.5) is 12.9 Å². The van der Waals surface area contributed by atoms with E-state index in [4.69, 9.17) is 0 Å². The SMILES string of the molecule is CC1(C)C(=O)CC1(C)[B-](F)(F)F. The van der Waals surface area contributed by atoms with Crippen LogP contribution in [0.15, 0.2) is 0 Å². The Labute approximate surface area is 69.4 Å². The van der Waals surface area contributed by atoms with Gasteiger partial charge in [-0.2, -0.15) is 0 Å². The van der Waals surface area contributed by atoms with Gasteiger partial charge >= 0.3 is 6.98 Å². The Kier molecular flexibility index (Phi) is 1.65. The predicted octanol–water partition coefficient (Wildman–Crippen LogP) is 2.59. The number of ketones is 1. The van der Waals surface area contributed by atoms with E-state index in [0.717, 1.165) is 6.92 Å². The lowest BCUT2D eigenvalue weighted by atomic mass is 9.36. The highest BCUT2D eigenvalue weighted by molar-refractivity contribution is 6.64. The summed E-state index contributed by atoms with van der Waals surface area (Å²) in [5, 5.41) is -1.76. The van der Waals surface area contributed by atoms with Gasteiger partial charge in [-0.15, -0.1) is 0 Å². The lowest BCUT2D eigenvalue weighted by Crippen LogP contribution is -2.58. The second-order valence-corrected chi connectivity index (χ2v) is 4.22. The Hall–Kier alpha value is -0.475. The number of Topliss-reactive ketones (excluding diaryl/α,β-unsaturated/α-hetero) is 1. The van der Waals surface area contributed by atoms with E-state index in [1.807, 2.05) is 0 Å². The third-order valence-corrected chi connectivity index (χ3v) is 3.38. The maximum atomic E-state index is 12.5. The van der Waals surface area contributed by atoms with E-state index in [1.165, 1.54) is 13.8 Å². The van der Waals surface area contributed by atoms with Gasteiger partial charge in [-0.1, -0.05) is 20.8 Å². The van der Waals surface area contributed by atoms with Gasteiger partial charge in [0.05, 0.1) is 0 Å². The van der Waals surface area contributed by atoms with Crippen LogP contribution in [0, 0.1) is 5.41 Å². The largest absolute Gasteiger partial charge is 0.485 e. The van der Waals surface area contributed by atoms with Gasteiger partial charge in [0, 0.05) is 5.41 Å². The third kappa shape index (κ3) is 0.851. The van der Waals surface area contributed by atoms with Crippen molar-refractivity contribution in [2.45, 2.75) is 32.5 Å². The van der Waals surface area contributed by atoms with Crippen molar-refractivity contribution in [3.63, 3.8) is 0 Å². The lowest BCUT2D eigenvalue weighted by Gasteiger charge is -2.58. The molecule has 1 fully saturated rings. The van der Waals surface area contributed by atoms with Gasteiger partial charge in [-0.05, 0) is 11.7 Å². The lowest BCUT2D eigenvalue weighted by molar-refractivity contribution is -0.142. The Bertz CT molecular complexity index is 233. The van der Waals surface area contributed by atoms with Gasteiger partial charge in [-0.25, -0.2) is 0 Å². The molecule has 5 heteroatoms. The Morgan fingerprint density at radius 3 is 1.75 bits per heavy atom. The smallest absolute Gasteiger partial charge is 0.449 e. The maximum Gasteiger partial charge on any atom is 0.485 e. The Balaban J connectivity index is 2.99. The molecule has 0 radical (unpaired) electrons. The molecule has 0 spiro atoms. The van der Waals surface area contributed by atoms with Crippen LogP contribution in [-0.2, 0) is 4.79 Å². The summed E-state index contributed by atoms with van der Waals surface area (Å²) in [6.45, 7) is -1.04. The fourth-order valence-electron chi connectivity index (χ4n) is 1.51. The van der Waals surface area contributed by atoms with Crippen molar-refractivity contribution in [1.29, 1.82) is 0 Å². The minimum Gasteiger partial charge on any atom is -0.449 e. The van der Waals surface area contributed by atoms with E-state index in [9.17, 15) is 17.7 Å². The van der Waals surface area contributed by atoms with E-state index < -0.39 is 17.7 Å². The third-order valence-electron chi connectivity index (χ3n) is 3.38. The summed E-state index contributed by atoms with van der Waals surface area (Å²) < 4.78 is 37.4. The zero-order valence-corrected chi connectivity index (χ0v) is 7.33. The molecule has 0 aromatic carbocycles. The number of hydrogen-bond acceptors (Lipinski definition) is 1. The van der Waals surface area contributed by atoms with Crippen LogP contribution in [0.25, 0.3) is 0 Å². The second kappa shape index (κ2) is 2.06. The predicted molar refractivity (Wildman–Crippen MR) is 40.9 cm³/mol. The topological polar surface area (TPSA) is 17.1 Å². The fraction of sp³-hybridized carbons (Fsp3) is 0.857. The summed E-state index contributed by atoms with van der Waals surface area (Å²) in [5.74, 6) is -0.288. The second-order valence-electron chi connectivity index (χ2n) is 4.22. The Morgan fingerprint density at radius 2 is 1.67 bits per heavy atom. The molecule has 1 rings (SSSR count). The molecule has 12 heavy (non-hydrogen) atoms. The molecule has 0 bridgehead atoms. The van der Waals surface area contributed by atoms with E-state index in [2.05, 4.69) is 0 Å². The minimum absolute atomic E-state index is 0.288. The number of carbonyl (C=O) groups excluding carboxylic acids is 1. The average Bonchev–Trinajstić information content (AvgIpc) is 1.85. The molecule has 0 aromatic rings. The van der Waals surface area contributed by atoms with Crippen molar-refractivity contribution >= 4 is 12.8 Å². The summed E-state index contributed by atoms with van der Waals surface area (Å²) in [6, 6.07) is 0. The molecule has 0 N–H and O–H groups in total.